The number of carbonyl (C=O) groups is 4. The molecule has 0 spiro atoms. The summed E-state index contributed by atoms with van der Waals surface area (Å²) in [6.07, 6.45) is -0.226. The number of thiazole rings is 1. The molecule has 5 N–H and O–H groups in total. The zero-order valence-electron chi connectivity index (χ0n) is 32.5. The molecule has 0 aliphatic carbocycles. The van der Waals surface area contributed by atoms with E-state index >= 15 is 0 Å². The van der Waals surface area contributed by atoms with Crippen LogP contribution < -0.4 is 10.6 Å². The highest BCUT2D eigenvalue weighted by molar-refractivity contribution is 7.13. The fourth-order valence-electron chi connectivity index (χ4n) is 7.45. The fourth-order valence-corrected chi connectivity index (χ4v) is 8.26. The van der Waals surface area contributed by atoms with E-state index in [9.17, 15) is 29.4 Å². The maximum Gasteiger partial charge on any atom is 0.246 e. The van der Waals surface area contributed by atoms with Crippen LogP contribution in [-0.4, -0.2) is 102 Å². The van der Waals surface area contributed by atoms with Gasteiger partial charge in [0.1, 0.15) is 17.8 Å². The second-order valence-electron chi connectivity index (χ2n) is 16.1. The summed E-state index contributed by atoms with van der Waals surface area (Å²) in [5.74, 6) is -0.978. The lowest BCUT2D eigenvalue weighted by atomic mass is 9.85. The summed E-state index contributed by atoms with van der Waals surface area (Å²) < 4.78 is 0. The van der Waals surface area contributed by atoms with Crippen LogP contribution in [0.25, 0.3) is 32.7 Å². The third kappa shape index (κ3) is 8.84. The summed E-state index contributed by atoms with van der Waals surface area (Å²) in [7, 11) is 0. The lowest BCUT2D eigenvalue weighted by Crippen LogP contribution is -2.57. The Labute approximate surface area is 334 Å². The lowest BCUT2D eigenvalue weighted by molar-refractivity contribution is -0.144. The number of fused-ring (bicyclic) bond motifs is 1. The molecule has 2 fully saturated rings. The molecule has 14 nitrogen and oxygen atoms in total. The van der Waals surface area contributed by atoms with Crippen molar-refractivity contribution in [2.45, 2.75) is 84.0 Å². The number of hydrogen-bond donors (Lipinski definition) is 5. The number of likely N-dealkylation sites (tertiary alicyclic amines) is 2. The quantitative estimate of drug-likeness (QED) is 0.119. The van der Waals surface area contributed by atoms with Crippen LogP contribution in [0.2, 0.25) is 0 Å². The highest BCUT2D eigenvalue weighted by atomic mass is 32.1. The minimum Gasteiger partial charge on any atom is -0.507 e. The third-order valence-corrected chi connectivity index (χ3v) is 11.7. The van der Waals surface area contributed by atoms with Crippen LogP contribution in [0.1, 0.15) is 69.3 Å². The van der Waals surface area contributed by atoms with Gasteiger partial charge in [0.15, 0.2) is 5.65 Å². The average Bonchev–Trinajstić information content (AvgIpc) is 3.89. The van der Waals surface area contributed by atoms with E-state index in [4.69, 9.17) is 0 Å². The molecule has 0 bridgehead atoms. The second kappa shape index (κ2) is 16.4. The third-order valence-electron chi connectivity index (χ3n) is 10.8. The monoisotopic (exact) mass is 792 g/mol. The van der Waals surface area contributed by atoms with E-state index in [-0.39, 0.29) is 61.7 Å². The molecule has 4 amide bonds. The van der Waals surface area contributed by atoms with Crippen molar-refractivity contribution < 1.29 is 29.4 Å². The molecule has 2 aliphatic heterocycles. The number of aromatic amines is 1. The Kier molecular flexibility index (Phi) is 11.4. The molecule has 5 aromatic rings. The topological polar surface area (TPSA) is 194 Å². The number of benzene rings is 2. The molecule has 0 unspecified atom stereocenters. The normalized spacial score (nSPS) is 17.7. The van der Waals surface area contributed by atoms with Crippen LogP contribution >= 0.6 is 11.3 Å². The number of hydrogen-bond acceptors (Lipinski definition) is 10. The van der Waals surface area contributed by atoms with E-state index in [1.54, 1.807) is 34.4 Å². The number of aliphatic hydroxyl groups excluding tert-OH is 1. The van der Waals surface area contributed by atoms with Crippen LogP contribution in [0.5, 0.6) is 5.75 Å². The van der Waals surface area contributed by atoms with Gasteiger partial charge in [-0.05, 0) is 54.2 Å². The minimum atomic E-state index is -0.948. The predicted octanol–water partition coefficient (Wildman–Crippen LogP) is 4.67. The van der Waals surface area contributed by atoms with Gasteiger partial charge in [-0.1, -0.05) is 57.2 Å². The molecule has 7 rings (SSSR count). The van der Waals surface area contributed by atoms with Crippen molar-refractivity contribution in [1.82, 2.24) is 40.6 Å². The number of phenols is 1. The van der Waals surface area contributed by atoms with Gasteiger partial charge in [-0.2, -0.15) is 0 Å². The molecule has 3 atom stereocenters. The molecule has 2 aromatic carbocycles. The fraction of sp³-hybridized carbons (Fsp3) is 0.405. The first-order valence-electron chi connectivity index (χ1n) is 19.2. The average molecular weight is 793 g/mol. The molecular weight excluding hydrogens is 745 g/mol. The number of rotatable bonds is 12. The number of aliphatic hydroxyl groups is 1. The van der Waals surface area contributed by atoms with Gasteiger partial charge >= 0.3 is 0 Å². The molecule has 298 valence electrons. The van der Waals surface area contributed by atoms with Crippen LogP contribution in [-0.2, 0) is 25.7 Å². The van der Waals surface area contributed by atoms with Crippen LogP contribution in [0.4, 0.5) is 0 Å². The van der Waals surface area contributed by atoms with Crippen LogP contribution in [0.15, 0.2) is 66.2 Å². The van der Waals surface area contributed by atoms with E-state index in [0.29, 0.717) is 36.4 Å². The Morgan fingerprint density at radius 2 is 1.75 bits per heavy atom. The first-order chi connectivity index (χ1) is 27.2. The van der Waals surface area contributed by atoms with Crippen LogP contribution in [0.3, 0.4) is 0 Å². The van der Waals surface area contributed by atoms with E-state index in [1.165, 1.54) is 4.90 Å². The summed E-state index contributed by atoms with van der Waals surface area (Å²) in [5.41, 5.74) is 6.77. The zero-order chi connectivity index (χ0) is 40.4. The van der Waals surface area contributed by atoms with Crippen molar-refractivity contribution in [1.29, 1.82) is 0 Å². The molecule has 5 heterocycles. The lowest BCUT2D eigenvalue weighted by Gasteiger charge is -2.39. The number of amides is 4. The summed E-state index contributed by atoms with van der Waals surface area (Å²) in [6.45, 7) is 8.79. The van der Waals surface area contributed by atoms with Gasteiger partial charge in [-0.3, -0.25) is 19.2 Å². The number of carbonyl (C=O) groups excluding carboxylic acids is 4. The van der Waals surface area contributed by atoms with E-state index < -0.39 is 29.5 Å². The number of phenolic OH excluding ortho intramolecular Hbond substituents is 1. The molecule has 2 saturated heterocycles. The molecule has 57 heavy (non-hydrogen) atoms. The maximum absolute atomic E-state index is 14.0. The van der Waals surface area contributed by atoms with Crippen molar-refractivity contribution in [2.75, 3.05) is 19.6 Å². The van der Waals surface area contributed by atoms with Crippen LogP contribution in [0, 0.1) is 12.3 Å². The van der Waals surface area contributed by atoms with Gasteiger partial charge in [0.05, 0.1) is 27.9 Å². The second-order valence-corrected chi connectivity index (χ2v) is 16.9. The summed E-state index contributed by atoms with van der Waals surface area (Å²) in [4.78, 5) is 65.5. The molecule has 2 aliphatic rings. The van der Waals surface area contributed by atoms with Crippen molar-refractivity contribution >= 4 is 46.0 Å². The highest BCUT2D eigenvalue weighted by Gasteiger charge is 2.44. The smallest absolute Gasteiger partial charge is 0.246 e. The Balaban J connectivity index is 0.880. The molecule has 0 radical (unpaired) electrons. The van der Waals surface area contributed by atoms with E-state index in [2.05, 4.69) is 30.8 Å². The maximum atomic E-state index is 14.0. The zero-order valence-corrected chi connectivity index (χ0v) is 33.3. The number of β-amino-alcohol motifs (C(OH)–C–C–N with tert-alkyl or cyclic N) is 1. The molecule has 0 saturated carbocycles. The van der Waals surface area contributed by atoms with Gasteiger partial charge in [0.25, 0.3) is 0 Å². The summed E-state index contributed by atoms with van der Waals surface area (Å²) in [6, 6.07) is 16.9. The first-order valence-corrected chi connectivity index (χ1v) is 20.1. The standard InChI is InChI=1S/C42H48N8O6S/c1-24-37(57-23-44-24)26-14-12-25(13-15-26)19-43-40(55)33-18-29(51)22-50(33)41(56)38(42(2,3)4)46-35(53)10-7-11-36(54)49-20-28(21-49)31-16-27-17-32(47-48-39(27)45-31)30-8-5-6-9-34(30)52/h5-6,8-9,12-17,23,28-29,33,38,51-52H,7,10-11,18-22H2,1-4H3,(H,43,55)(H,45,48)(H,46,53)/t29-,33+,38-/m1/s1. The Hall–Kier alpha value is -5.67. The number of H-pyrrole nitrogens is 1. The predicted molar refractivity (Wildman–Crippen MR) is 216 cm³/mol. The number of nitrogens with zero attached hydrogens (tertiary/aromatic N) is 5. The molecular formula is C42H48N8O6S. The largest absolute Gasteiger partial charge is 0.507 e. The van der Waals surface area contributed by atoms with Gasteiger partial charge < -0.3 is 35.6 Å². The molecule has 15 heteroatoms. The first kappa shape index (κ1) is 39.6. The van der Waals surface area contributed by atoms with E-state index in [0.717, 1.165) is 32.8 Å². The number of nitrogens with one attached hydrogen (secondary N) is 3. The van der Waals surface area contributed by atoms with Crippen molar-refractivity contribution in [3.05, 3.63) is 83.1 Å². The van der Waals surface area contributed by atoms with Gasteiger partial charge in [0, 0.05) is 68.0 Å². The number of para-hydroxylation sites is 1. The SMILES string of the molecule is Cc1ncsc1-c1ccc(CNC(=O)[C@@H]2C[C@@H](O)CN2C(=O)[C@@H](NC(=O)CCCC(=O)N2CC(c3cc4cc(-c5ccccc5O)nnc4[nH]3)C2)C(C)(C)C)cc1. The summed E-state index contributed by atoms with van der Waals surface area (Å²) in [5, 5.41) is 36.0. The van der Waals surface area contributed by atoms with Crippen molar-refractivity contribution in [2.24, 2.45) is 5.41 Å². The van der Waals surface area contributed by atoms with Gasteiger partial charge in [-0.25, -0.2) is 4.98 Å². The van der Waals surface area contributed by atoms with E-state index in [1.807, 2.05) is 75.7 Å². The Morgan fingerprint density at radius 3 is 2.46 bits per heavy atom. The van der Waals surface area contributed by atoms with Gasteiger partial charge in [-0.15, -0.1) is 21.5 Å². The van der Waals surface area contributed by atoms with Crippen molar-refractivity contribution in [3.63, 3.8) is 0 Å². The Bertz CT molecular complexity index is 2280. The number of aromatic hydroxyl groups is 1. The summed E-state index contributed by atoms with van der Waals surface area (Å²) >= 11 is 1.57. The minimum absolute atomic E-state index is 0.0151. The number of aryl methyl sites for hydroxylation is 1. The van der Waals surface area contributed by atoms with Crippen molar-refractivity contribution in [3.8, 4) is 27.4 Å². The van der Waals surface area contributed by atoms with Gasteiger partial charge in [0.2, 0.25) is 23.6 Å². The number of aromatic nitrogens is 4. The highest BCUT2D eigenvalue weighted by Crippen LogP contribution is 2.33. The molecule has 3 aromatic heterocycles. The Morgan fingerprint density at radius 1 is 1.00 bits per heavy atom.